The highest BCUT2D eigenvalue weighted by atomic mass is 32.2. The Morgan fingerprint density at radius 1 is 1.37 bits per heavy atom. The van der Waals surface area contributed by atoms with Crippen LogP contribution in [0.25, 0.3) is 0 Å². The van der Waals surface area contributed by atoms with Gasteiger partial charge in [-0.1, -0.05) is 12.1 Å². The predicted molar refractivity (Wildman–Crippen MR) is 76.2 cm³/mol. The zero-order valence-corrected chi connectivity index (χ0v) is 12.0. The minimum Gasteiger partial charge on any atom is -0.309 e. The number of hydrogen-bond acceptors (Lipinski definition) is 3. The van der Waals surface area contributed by atoms with Crippen LogP contribution in [-0.4, -0.2) is 26.3 Å². The lowest BCUT2D eigenvalue weighted by molar-refractivity contribution is 0.462. The third kappa shape index (κ3) is 3.05. The molecule has 0 amide bonds. The second kappa shape index (κ2) is 5.86. The highest BCUT2D eigenvalue weighted by Crippen LogP contribution is 2.22. The molecule has 0 radical (unpaired) electrons. The molecule has 1 aromatic carbocycles. The molecule has 2 rings (SSSR count). The van der Waals surface area contributed by atoms with E-state index in [4.69, 9.17) is 0 Å². The average molecular weight is 280 g/mol. The molecule has 0 spiro atoms. The van der Waals surface area contributed by atoms with Crippen LogP contribution in [-0.2, 0) is 23.1 Å². The molecule has 0 unspecified atom stereocenters. The fraction of sp³-hybridized carbons (Fsp3) is 0.429. The van der Waals surface area contributed by atoms with Gasteiger partial charge in [-0.2, -0.15) is 0 Å². The van der Waals surface area contributed by atoms with E-state index >= 15 is 0 Å². The van der Waals surface area contributed by atoms with Gasteiger partial charge in [-0.05, 0) is 36.1 Å². The molecule has 0 aliphatic carbocycles. The summed E-state index contributed by atoms with van der Waals surface area (Å²) in [5, 5.41) is 3.22. The largest absolute Gasteiger partial charge is 0.309 e. The van der Waals surface area contributed by atoms with Gasteiger partial charge >= 0.3 is 0 Å². The van der Waals surface area contributed by atoms with E-state index in [-0.39, 0.29) is 0 Å². The molecule has 19 heavy (non-hydrogen) atoms. The smallest absolute Gasteiger partial charge is 0.242 e. The SMILES string of the molecule is C=CCCCN(C)S(=O)(=O)c1ccc2c(c1)CNC2. The molecule has 0 bridgehead atoms. The van der Waals surface area contributed by atoms with Crippen molar-refractivity contribution in [2.24, 2.45) is 0 Å². The van der Waals surface area contributed by atoms with Crippen LogP contribution >= 0.6 is 0 Å². The monoisotopic (exact) mass is 280 g/mol. The van der Waals surface area contributed by atoms with Crippen molar-refractivity contribution in [2.75, 3.05) is 13.6 Å². The minimum atomic E-state index is -3.37. The van der Waals surface area contributed by atoms with Gasteiger partial charge in [0.05, 0.1) is 4.90 Å². The summed E-state index contributed by atoms with van der Waals surface area (Å²) >= 11 is 0. The van der Waals surface area contributed by atoms with Gasteiger partial charge in [0.2, 0.25) is 10.0 Å². The second-order valence-electron chi connectivity index (χ2n) is 4.79. The zero-order valence-electron chi connectivity index (χ0n) is 11.2. The highest BCUT2D eigenvalue weighted by molar-refractivity contribution is 7.89. The third-order valence-electron chi connectivity index (χ3n) is 3.40. The first-order chi connectivity index (χ1) is 9.05. The van der Waals surface area contributed by atoms with Gasteiger partial charge in [0.1, 0.15) is 0 Å². The molecule has 1 heterocycles. The normalized spacial score (nSPS) is 14.6. The van der Waals surface area contributed by atoms with Crippen molar-refractivity contribution < 1.29 is 8.42 Å². The Morgan fingerprint density at radius 2 is 2.11 bits per heavy atom. The molecule has 104 valence electrons. The third-order valence-corrected chi connectivity index (χ3v) is 5.25. The first kappa shape index (κ1) is 14.2. The Hall–Kier alpha value is -1.17. The van der Waals surface area contributed by atoms with Crippen molar-refractivity contribution in [2.45, 2.75) is 30.8 Å². The van der Waals surface area contributed by atoms with Crippen LogP contribution in [0.5, 0.6) is 0 Å². The van der Waals surface area contributed by atoms with Gasteiger partial charge in [0.15, 0.2) is 0 Å². The number of fused-ring (bicyclic) bond motifs is 1. The standard InChI is InChI=1S/C14H20N2O2S/c1-3-4-5-8-16(2)19(17,18)14-7-6-12-10-15-11-13(12)9-14/h3,6-7,9,15H,1,4-5,8,10-11H2,2H3. The molecule has 0 atom stereocenters. The summed E-state index contributed by atoms with van der Waals surface area (Å²) in [6.07, 6.45) is 3.43. The van der Waals surface area contributed by atoms with Gasteiger partial charge < -0.3 is 5.32 Å². The van der Waals surface area contributed by atoms with Crippen molar-refractivity contribution in [1.29, 1.82) is 0 Å². The van der Waals surface area contributed by atoms with Crippen LogP contribution < -0.4 is 5.32 Å². The highest BCUT2D eigenvalue weighted by Gasteiger charge is 2.22. The first-order valence-electron chi connectivity index (χ1n) is 6.45. The van der Waals surface area contributed by atoms with Gasteiger partial charge in [-0.25, -0.2) is 12.7 Å². The maximum absolute atomic E-state index is 12.4. The van der Waals surface area contributed by atoms with E-state index in [1.54, 1.807) is 19.2 Å². The molecule has 1 aliphatic rings. The van der Waals surface area contributed by atoms with Gasteiger partial charge in [-0.15, -0.1) is 6.58 Å². The van der Waals surface area contributed by atoms with E-state index in [1.807, 2.05) is 12.1 Å². The molecule has 0 fully saturated rings. The van der Waals surface area contributed by atoms with Crippen molar-refractivity contribution >= 4 is 10.0 Å². The van der Waals surface area contributed by atoms with Crippen LogP contribution in [0.3, 0.4) is 0 Å². The molecule has 0 saturated carbocycles. The number of unbranched alkanes of at least 4 members (excludes halogenated alkanes) is 1. The van der Waals surface area contributed by atoms with Crippen LogP contribution in [0.2, 0.25) is 0 Å². The maximum Gasteiger partial charge on any atom is 0.242 e. The molecule has 0 saturated heterocycles. The van der Waals surface area contributed by atoms with E-state index in [2.05, 4.69) is 11.9 Å². The van der Waals surface area contributed by atoms with Crippen molar-refractivity contribution in [3.63, 3.8) is 0 Å². The molecule has 5 heteroatoms. The number of nitrogens with one attached hydrogen (secondary N) is 1. The summed E-state index contributed by atoms with van der Waals surface area (Å²) in [5.74, 6) is 0. The number of nitrogens with zero attached hydrogens (tertiary/aromatic N) is 1. The Morgan fingerprint density at radius 3 is 2.84 bits per heavy atom. The van der Waals surface area contributed by atoms with Gasteiger partial charge in [0, 0.05) is 26.7 Å². The summed E-state index contributed by atoms with van der Waals surface area (Å²) in [5.41, 5.74) is 2.27. The van der Waals surface area contributed by atoms with Crippen LogP contribution in [0.4, 0.5) is 0 Å². The van der Waals surface area contributed by atoms with E-state index in [9.17, 15) is 8.42 Å². The summed E-state index contributed by atoms with van der Waals surface area (Å²) in [6, 6.07) is 5.39. The summed E-state index contributed by atoms with van der Waals surface area (Å²) < 4.78 is 26.2. The summed E-state index contributed by atoms with van der Waals surface area (Å²) in [4.78, 5) is 0.385. The van der Waals surface area contributed by atoms with Crippen molar-refractivity contribution in [3.05, 3.63) is 42.0 Å². The quantitative estimate of drug-likeness (QED) is 0.639. The second-order valence-corrected chi connectivity index (χ2v) is 6.84. The minimum absolute atomic E-state index is 0.385. The molecular weight excluding hydrogens is 260 g/mol. The van der Waals surface area contributed by atoms with Crippen LogP contribution in [0.1, 0.15) is 24.0 Å². The zero-order chi connectivity index (χ0) is 13.9. The van der Waals surface area contributed by atoms with E-state index < -0.39 is 10.0 Å². The maximum atomic E-state index is 12.4. The number of benzene rings is 1. The van der Waals surface area contributed by atoms with E-state index in [1.165, 1.54) is 9.87 Å². The molecular formula is C14H20N2O2S. The molecule has 4 nitrogen and oxygen atoms in total. The number of hydrogen-bond donors (Lipinski definition) is 1. The van der Waals surface area contributed by atoms with Gasteiger partial charge in [0.25, 0.3) is 0 Å². The lowest BCUT2D eigenvalue weighted by atomic mass is 10.1. The Kier molecular flexibility index (Phi) is 4.39. The Balaban J connectivity index is 2.17. The van der Waals surface area contributed by atoms with Crippen LogP contribution in [0.15, 0.2) is 35.7 Å². The fourth-order valence-electron chi connectivity index (χ4n) is 2.19. The average Bonchev–Trinajstić information content (AvgIpc) is 2.85. The van der Waals surface area contributed by atoms with E-state index in [0.717, 1.165) is 31.5 Å². The first-order valence-corrected chi connectivity index (χ1v) is 7.89. The van der Waals surface area contributed by atoms with Crippen LogP contribution in [0, 0.1) is 0 Å². The van der Waals surface area contributed by atoms with E-state index in [0.29, 0.717) is 11.4 Å². The Bertz CT molecular complexity index is 567. The molecule has 1 aromatic rings. The van der Waals surface area contributed by atoms with Crippen molar-refractivity contribution in [3.8, 4) is 0 Å². The lowest BCUT2D eigenvalue weighted by Gasteiger charge is -2.17. The molecule has 0 aromatic heterocycles. The van der Waals surface area contributed by atoms with Crippen molar-refractivity contribution in [1.82, 2.24) is 9.62 Å². The summed E-state index contributed by atoms with van der Waals surface area (Å²) in [7, 11) is -1.74. The lowest BCUT2D eigenvalue weighted by Crippen LogP contribution is -2.28. The molecule has 1 aliphatic heterocycles. The predicted octanol–water partition coefficient (Wildman–Crippen LogP) is 1.88. The van der Waals surface area contributed by atoms with Gasteiger partial charge in [-0.3, -0.25) is 0 Å². The fourth-order valence-corrected chi connectivity index (χ4v) is 3.45. The molecule has 1 N–H and O–H groups in total. The number of allylic oxidation sites excluding steroid dienone is 1. The Labute approximate surface area is 115 Å². The summed E-state index contributed by atoms with van der Waals surface area (Å²) in [6.45, 7) is 5.73. The number of rotatable bonds is 6. The number of sulfonamides is 1. The topological polar surface area (TPSA) is 49.4 Å².